The quantitative estimate of drug-likeness (QED) is 0.644. The highest BCUT2D eigenvalue weighted by Crippen LogP contribution is 2.32. The van der Waals surface area contributed by atoms with Crippen LogP contribution in [0.15, 0.2) is 77.6 Å². The molecule has 0 fully saturated rings. The first kappa shape index (κ1) is 17.9. The maximum absolute atomic E-state index is 12.6. The minimum Gasteiger partial charge on any atom is -0.458 e. The second-order valence-corrected chi connectivity index (χ2v) is 6.13. The van der Waals surface area contributed by atoms with Gasteiger partial charge in [0.1, 0.15) is 18.3 Å². The van der Waals surface area contributed by atoms with Crippen LogP contribution < -0.4 is 5.32 Å². The molecule has 0 saturated heterocycles. The van der Waals surface area contributed by atoms with Crippen molar-refractivity contribution in [1.29, 1.82) is 0 Å². The van der Waals surface area contributed by atoms with Gasteiger partial charge in [0.2, 0.25) is 0 Å². The number of aromatic nitrogens is 1. The number of allylic oxidation sites excluding steroid dienone is 1. The average molecular weight is 368 g/mol. The van der Waals surface area contributed by atoms with Crippen LogP contribution in [0.1, 0.15) is 24.2 Å². The fourth-order valence-electron chi connectivity index (χ4n) is 2.67. The summed E-state index contributed by atoms with van der Waals surface area (Å²) in [5.41, 5.74) is 2.67. The van der Waals surface area contributed by atoms with Crippen molar-refractivity contribution in [2.45, 2.75) is 13.0 Å². The molecule has 1 aliphatic heterocycles. The molecule has 0 radical (unpaired) electrons. The third kappa shape index (κ3) is 3.83. The number of carbonyl (C=O) groups excluding carboxylic acids is 1. The number of nitrogens with zero attached hydrogens (tertiary/aromatic N) is 2. The minimum absolute atomic E-state index is 0.139. The van der Waals surface area contributed by atoms with E-state index in [4.69, 9.17) is 21.3 Å². The van der Waals surface area contributed by atoms with E-state index < -0.39 is 12.0 Å². The SMILES string of the molecule is C=CCOC(=O)C1=C(C)NC(c2ccccn2)=NC1c1ccc(Cl)cc1. The van der Waals surface area contributed by atoms with E-state index in [0.717, 1.165) is 5.56 Å². The molecule has 1 unspecified atom stereocenters. The second-order valence-electron chi connectivity index (χ2n) is 5.70. The van der Waals surface area contributed by atoms with Crippen molar-refractivity contribution >= 4 is 23.4 Å². The third-order valence-electron chi connectivity index (χ3n) is 3.89. The number of nitrogens with one attached hydrogen (secondary N) is 1. The predicted octanol–water partition coefficient (Wildman–Crippen LogP) is 3.83. The van der Waals surface area contributed by atoms with Gasteiger partial charge in [0.05, 0.1) is 5.57 Å². The number of carbonyl (C=O) groups is 1. The molecular weight excluding hydrogens is 350 g/mol. The lowest BCUT2D eigenvalue weighted by atomic mass is 9.96. The molecule has 1 atom stereocenters. The molecule has 0 spiro atoms. The highest BCUT2D eigenvalue weighted by molar-refractivity contribution is 6.30. The molecule has 0 aliphatic carbocycles. The number of rotatable bonds is 5. The number of hydrogen-bond donors (Lipinski definition) is 1. The Morgan fingerprint density at radius 1 is 1.31 bits per heavy atom. The first-order valence-corrected chi connectivity index (χ1v) is 8.48. The zero-order valence-electron chi connectivity index (χ0n) is 14.3. The second kappa shape index (κ2) is 7.97. The Kier molecular flexibility index (Phi) is 5.49. The van der Waals surface area contributed by atoms with Crippen LogP contribution in [0.25, 0.3) is 0 Å². The molecule has 1 aliphatic rings. The average Bonchev–Trinajstić information content (AvgIpc) is 2.66. The summed E-state index contributed by atoms with van der Waals surface area (Å²) in [6.45, 7) is 5.54. The lowest BCUT2D eigenvalue weighted by Crippen LogP contribution is -2.33. The summed E-state index contributed by atoms with van der Waals surface area (Å²) in [7, 11) is 0. The number of hydrogen-bond acceptors (Lipinski definition) is 5. The molecule has 5 nitrogen and oxygen atoms in total. The van der Waals surface area contributed by atoms with Gasteiger partial charge >= 0.3 is 5.97 Å². The van der Waals surface area contributed by atoms with Crippen molar-refractivity contribution < 1.29 is 9.53 Å². The van der Waals surface area contributed by atoms with Gasteiger partial charge in [-0.15, -0.1) is 0 Å². The molecule has 2 aromatic rings. The van der Waals surface area contributed by atoms with Gasteiger partial charge in [0, 0.05) is 16.9 Å². The molecule has 2 heterocycles. The Labute approximate surface area is 157 Å². The molecule has 132 valence electrons. The lowest BCUT2D eigenvalue weighted by molar-refractivity contribution is -0.138. The van der Waals surface area contributed by atoms with Crippen LogP contribution in [0.4, 0.5) is 0 Å². The fourth-order valence-corrected chi connectivity index (χ4v) is 2.80. The van der Waals surface area contributed by atoms with Crippen molar-refractivity contribution in [2.75, 3.05) is 6.61 Å². The van der Waals surface area contributed by atoms with Crippen molar-refractivity contribution in [1.82, 2.24) is 10.3 Å². The molecule has 0 bridgehead atoms. The van der Waals surface area contributed by atoms with Gasteiger partial charge in [-0.05, 0) is 36.8 Å². The molecule has 3 rings (SSSR count). The van der Waals surface area contributed by atoms with E-state index in [1.165, 1.54) is 6.08 Å². The van der Waals surface area contributed by atoms with Gasteiger partial charge < -0.3 is 10.1 Å². The molecule has 6 heteroatoms. The first-order valence-electron chi connectivity index (χ1n) is 8.10. The van der Waals surface area contributed by atoms with E-state index in [-0.39, 0.29) is 6.61 Å². The standard InChI is InChI=1S/C20H18ClN3O2/c1-3-12-26-20(25)17-13(2)23-19(16-6-4-5-11-22-16)24-18(17)14-7-9-15(21)10-8-14/h3-11,18H,1,12H2,2H3,(H,23,24). The zero-order valence-corrected chi connectivity index (χ0v) is 15.0. The normalized spacial score (nSPS) is 16.5. The number of benzene rings is 1. The number of esters is 1. The summed E-state index contributed by atoms with van der Waals surface area (Å²) < 4.78 is 5.25. The molecule has 0 amide bonds. The topological polar surface area (TPSA) is 63.6 Å². The summed E-state index contributed by atoms with van der Waals surface area (Å²) in [6, 6.07) is 12.3. The number of amidine groups is 1. The van der Waals surface area contributed by atoms with Gasteiger partial charge in [-0.25, -0.2) is 4.79 Å². The third-order valence-corrected chi connectivity index (χ3v) is 4.14. The summed E-state index contributed by atoms with van der Waals surface area (Å²) in [6.07, 6.45) is 3.23. The van der Waals surface area contributed by atoms with Gasteiger partial charge in [-0.3, -0.25) is 9.98 Å². The maximum Gasteiger partial charge on any atom is 0.338 e. The molecule has 1 aromatic heterocycles. The first-order chi connectivity index (χ1) is 12.6. The number of ether oxygens (including phenoxy) is 1. The van der Waals surface area contributed by atoms with Crippen molar-refractivity contribution in [3.05, 3.63) is 88.9 Å². The molecule has 1 N–H and O–H groups in total. The fraction of sp³-hybridized carbons (Fsp3) is 0.150. The van der Waals surface area contributed by atoms with Crippen molar-refractivity contribution in [2.24, 2.45) is 4.99 Å². The monoisotopic (exact) mass is 367 g/mol. The molecule has 1 aromatic carbocycles. The largest absolute Gasteiger partial charge is 0.458 e. The van der Waals surface area contributed by atoms with Crippen LogP contribution in [0.2, 0.25) is 5.02 Å². The van der Waals surface area contributed by atoms with Crippen molar-refractivity contribution in [3.8, 4) is 0 Å². The van der Waals surface area contributed by atoms with E-state index in [0.29, 0.717) is 27.8 Å². The van der Waals surface area contributed by atoms with Gasteiger partial charge in [-0.1, -0.05) is 42.5 Å². The van der Waals surface area contributed by atoms with Crippen LogP contribution >= 0.6 is 11.6 Å². The summed E-state index contributed by atoms with van der Waals surface area (Å²) in [5.74, 6) is 0.169. The Balaban J connectivity index is 2.04. The molecule has 26 heavy (non-hydrogen) atoms. The summed E-state index contributed by atoms with van der Waals surface area (Å²) in [4.78, 5) is 21.6. The Morgan fingerprint density at radius 2 is 2.08 bits per heavy atom. The van der Waals surface area contributed by atoms with Crippen LogP contribution in [0, 0.1) is 0 Å². The highest BCUT2D eigenvalue weighted by Gasteiger charge is 2.30. The van der Waals surface area contributed by atoms with E-state index in [1.807, 2.05) is 37.3 Å². The minimum atomic E-state index is -0.511. The van der Waals surface area contributed by atoms with E-state index in [1.54, 1.807) is 18.3 Å². The maximum atomic E-state index is 12.6. The smallest absolute Gasteiger partial charge is 0.338 e. The highest BCUT2D eigenvalue weighted by atomic mass is 35.5. The van der Waals surface area contributed by atoms with Crippen LogP contribution in [-0.2, 0) is 9.53 Å². The van der Waals surface area contributed by atoms with Gasteiger partial charge in [0.15, 0.2) is 5.84 Å². The molecular formula is C20H18ClN3O2. The van der Waals surface area contributed by atoms with Crippen LogP contribution in [-0.4, -0.2) is 23.4 Å². The number of aliphatic imine (C=N–C) groups is 1. The Morgan fingerprint density at radius 3 is 2.73 bits per heavy atom. The molecule has 0 saturated carbocycles. The number of pyridine rings is 1. The van der Waals surface area contributed by atoms with E-state index in [9.17, 15) is 4.79 Å². The summed E-state index contributed by atoms with van der Waals surface area (Å²) in [5, 5.41) is 3.78. The van der Waals surface area contributed by atoms with Gasteiger partial charge in [-0.2, -0.15) is 0 Å². The number of halogens is 1. The van der Waals surface area contributed by atoms with E-state index >= 15 is 0 Å². The zero-order chi connectivity index (χ0) is 18.5. The van der Waals surface area contributed by atoms with E-state index in [2.05, 4.69) is 16.9 Å². The Hall–Kier alpha value is -2.92. The summed E-state index contributed by atoms with van der Waals surface area (Å²) >= 11 is 6.00. The van der Waals surface area contributed by atoms with Crippen LogP contribution in [0.5, 0.6) is 0 Å². The van der Waals surface area contributed by atoms with Gasteiger partial charge in [0.25, 0.3) is 0 Å². The van der Waals surface area contributed by atoms with Crippen LogP contribution in [0.3, 0.4) is 0 Å². The Bertz CT molecular complexity index is 874. The lowest BCUT2D eigenvalue weighted by Gasteiger charge is -2.26. The predicted molar refractivity (Wildman–Crippen MR) is 102 cm³/mol. The van der Waals surface area contributed by atoms with Crippen molar-refractivity contribution in [3.63, 3.8) is 0 Å².